The molecule has 0 amide bonds. The second-order valence-electron chi connectivity index (χ2n) is 2.97. The van der Waals surface area contributed by atoms with Crippen LogP contribution in [0.15, 0.2) is 12.2 Å². The van der Waals surface area contributed by atoms with Gasteiger partial charge in [-0.05, 0) is 25.7 Å². The molecule has 2 N–H and O–H groups in total. The maximum Gasteiger partial charge on any atom is 0.300 e. The van der Waals surface area contributed by atoms with Crippen molar-refractivity contribution < 1.29 is 15.0 Å². The van der Waals surface area contributed by atoms with E-state index in [-0.39, 0.29) is 0 Å². The fourth-order valence-electron chi connectivity index (χ4n) is 0.835. The van der Waals surface area contributed by atoms with Gasteiger partial charge in [0.05, 0.1) is 0 Å². The fraction of sp³-hybridized carbons (Fsp3) is 0.727. The van der Waals surface area contributed by atoms with Gasteiger partial charge < -0.3 is 10.2 Å². The predicted octanol–water partition coefficient (Wildman–Crippen LogP) is 2.60. The molecule has 14 heavy (non-hydrogen) atoms. The number of aliphatic hydroxyl groups excluding tert-OH is 1. The average Bonchev–Trinajstić information content (AvgIpc) is 2.10. The summed E-state index contributed by atoms with van der Waals surface area (Å²) in [4.78, 5) is 9.00. The molecule has 3 heteroatoms. The minimum atomic E-state index is -0.833. The molecule has 0 aromatic heterocycles. The molecule has 0 saturated heterocycles. The number of aliphatic hydroxyl groups is 1. The van der Waals surface area contributed by atoms with E-state index in [0.717, 1.165) is 26.2 Å². The van der Waals surface area contributed by atoms with Crippen LogP contribution in [-0.2, 0) is 4.79 Å². The Hall–Kier alpha value is -0.830. The number of hydrogen-bond acceptors (Lipinski definition) is 2. The van der Waals surface area contributed by atoms with Crippen molar-refractivity contribution in [1.82, 2.24) is 0 Å². The smallest absolute Gasteiger partial charge is 0.300 e. The van der Waals surface area contributed by atoms with Gasteiger partial charge in [0.15, 0.2) is 0 Å². The van der Waals surface area contributed by atoms with Gasteiger partial charge in [0, 0.05) is 13.5 Å². The molecule has 0 radical (unpaired) electrons. The van der Waals surface area contributed by atoms with Crippen molar-refractivity contribution in [3.63, 3.8) is 0 Å². The first kappa shape index (κ1) is 15.6. The summed E-state index contributed by atoms with van der Waals surface area (Å²) in [5.41, 5.74) is 0. The Labute approximate surface area is 86.5 Å². The van der Waals surface area contributed by atoms with Crippen molar-refractivity contribution in [2.45, 2.75) is 46.0 Å². The molecular formula is C11H22O3. The van der Waals surface area contributed by atoms with Crippen LogP contribution in [0.3, 0.4) is 0 Å². The van der Waals surface area contributed by atoms with Crippen molar-refractivity contribution in [1.29, 1.82) is 0 Å². The summed E-state index contributed by atoms with van der Waals surface area (Å²) in [7, 11) is 0. The molecular weight excluding hydrogens is 180 g/mol. The lowest BCUT2D eigenvalue weighted by Crippen LogP contribution is -1.81. The number of aliphatic carboxylic acids is 1. The van der Waals surface area contributed by atoms with Gasteiger partial charge in [0.25, 0.3) is 5.97 Å². The highest BCUT2D eigenvalue weighted by molar-refractivity contribution is 5.62. The largest absolute Gasteiger partial charge is 0.481 e. The lowest BCUT2D eigenvalue weighted by atomic mass is 10.2. The summed E-state index contributed by atoms with van der Waals surface area (Å²) < 4.78 is 0. The van der Waals surface area contributed by atoms with E-state index >= 15 is 0 Å². The van der Waals surface area contributed by atoms with Gasteiger partial charge in [0.2, 0.25) is 0 Å². The van der Waals surface area contributed by atoms with E-state index < -0.39 is 5.97 Å². The number of carbonyl (C=O) groups is 1. The molecule has 0 aliphatic carbocycles. The van der Waals surface area contributed by atoms with Gasteiger partial charge in [0.1, 0.15) is 0 Å². The van der Waals surface area contributed by atoms with Gasteiger partial charge in [-0.25, -0.2) is 0 Å². The number of hydrogen-bond donors (Lipinski definition) is 2. The third-order valence-corrected chi connectivity index (χ3v) is 1.43. The highest BCUT2D eigenvalue weighted by atomic mass is 16.4. The summed E-state index contributed by atoms with van der Waals surface area (Å²) in [6, 6.07) is 0. The van der Waals surface area contributed by atoms with Gasteiger partial charge >= 0.3 is 0 Å². The van der Waals surface area contributed by atoms with Crippen molar-refractivity contribution >= 4 is 5.97 Å². The number of carboxylic acid groups (broad SMARTS) is 1. The molecule has 0 spiro atoms. The van der Waals surface area contributed by atoms with Gasteiger partial charge in [-0.3, -0.25) is 4.79 Å². The third-order valence-electron chi connectivity index (χ3n) is 1.43. The van der Waals surface area contributed by atoms with E-state index in [1.165, 1.54) is 12.8 Å². The zero-order valence-corrected chi connectivity index (χ0v) is 9.20. The quantitative estimate of drug-likeness (QED) is 0.514. The maximum absolute atomic E-state index is 9.00. The zero-order chi connectivity index (χ0) is 11.2. The minimum Gasteiger partial charge on any atom is -0.481 e. The Morgan fingerprint density at radius 2 is 1.79 bits per heavy atom. The van der Waals surface area contributed by atoms with Gasteiger partial charge in [-0.2, -0.15) is 0 Å². The first-order valence-corrected chi connectivity index (χ1v) is 5.10. The molecule has 0 heterocycles. The Morgan fingerprint density at radius 1 is 1.21 bits per heavy atom. The summed E-state index contributed by atoms with van der Waals surface area (Å²) in [5.74, 6) is -0.833. The Morgan fingerprint density at radius 3 is 2.21 bits per heavy atom. The standard InChI is InChI=1S/C9H18O.C2H4O2/c1-2-3-4-5-6-7-8-9-10;1-2(3)4/h3-4,10H,2,5-9H2,1H3;1H3,(H,3,4)/b4-3-;. The second-order valence-corrected chi connectivity index (χ2v) is 2.97. The number of rotatable bonds is 6. The molecule has 0 bridgehead atoms. The minimum absolute atomic E-state index is 0.345. The molecule has 0 aliphatic rings. The molecule has 0 atom stereocenters. The normalized spacial score (nSPS) is 9.64. The van der Waals surface area contributed by atoms with Crippen LogP contribution in [0.25, 0.3) is 0 Å². The predicted molar refractivity (Wildman–Crippen MR) is 58.3 cm³/mol. The van der Waals surface area contributed by atoms with E-state index in [0.29, 0.717) is 6.61 Å². The first-order valence-electron chi connectivity index (χ1n) is 5.10. The monoisotopic (exact) mass is 202 g/mol. The summed E-state index contributed by atoms with van der Waals surface area (Å²) in [6.45, 7) is 3.57. The van der Waals surface area contributed by atoms with Crippen LogP contribution in [-0.4, -0.2) is 22.8 Å². The molecule has 0 fully saturated rings. The SMILES string of the molecule is CC(=O)O.CC/C=C\CCCCCO. The lowest BCUT2D eigenvalue weighted by Gasteiger charge is -1.92. The Bertz CT molecular complexity index is 137. The highest BCUT2D eigenvalue weighted by Crippen LogP contribution is 1.99. The highest BCUT2D eigenvalue weighted by Gasteiger charge is 1.83. The van der Waals surface area contributed by atoms with Crippen LogP contribution in [0.5, 0.6) is 0 Å². The van der Waals surface area contributed by atoms with Crippen molar-refractivity contribution in [2.24, 2.45) is 0 Å². The Kier molecular flexibility index (Phi) is 16.4. The third kappa shape index (κ3) is 30.3. The number of carboxylic acids is 1. The van der Waals surface area contributed by atoms with Crippen LogP contribution < -0.4 is 0 Å². The zero-order valence-electron chi connectivity index (χ0n) is 9.20. The molecule has 0 unspecified atom stereocenters. The van der Waals surface area contributed by atoms with Crippen molar-refractivity contribution in [3.8, 4) is 0 Å². The maximum atomic E-state index is 9.00. The van der Waals surface area contributed by atoms with Crippen LogP contribution in [0.2, 0.25) is 0 Å². The first-order chi connectivity index (χ1) is 6.65. The summed E-state index contributed by atoms with van der Waals surface area (Å²) in [6.07, 6.45) is 10.1. The molecule has 0 aromatic rings. The van der Waals surface area contributed by atoms with Crippen LogP contribution >= 0.6 is 0 Å². The Balaban J connectivity index is 0. The molecule has 0 aliphatic heterocycles. The molecule has 84 valence electrons. The van der Waals surface area contributed by atoms with E-state index in [1.807, 2.05) is 0 Å². The van der Waals surface area contributed by atoms with Gasteiger partial charge in [-0.1, -0.05) is 25.5 Å². The molecule has 0 saturated carbocycles. The molecule has 3 nitrogen and oxygen atoms in total. The second kappa shape index (κ2) is 14.7. The van der Waals surface area contributed by atoms with Gasteiger partial charge in [-0.15, -0.1) is 0 Å². The van der Waals surface area contributed by atoms with Crippen molar-refractivity contribution in [3.05, 3.63) is 12.2 Å². The average molecular weight is 202 g/mol. The van der Waals surface area contributed by atoms with Crippen LogP contribution in [0, 0.1) is 0 Å². The lowest BCUT2D eigenvalue weighted by molar-refractivity contribution is -0.134. The topological polar surface area (TPSA) is 57.5 Å². The molecule has 0 rings (SSSR count). The van der Waals surface area contributed by atoms with Crippen molar-refractivity contribution in [2.75, 3.05) is 6.61 Å². The van der Waals surface area contributed by atoms with E-state index in [4.69, 9.17) is 15.0 Å². The number of unbranched alkanes of at least 4 members (excludes halogenated alkanes) is 3. The van der Waals surface area contributed by atoms with Crippen LogP contribution in [0.4, 0.5) is 0 Å². The number of allylic oxidation sites excluding steroid dienone is 2. The fourth-order valence-corrected chi connectivity index (χ4v) is 0.835. The summed E-state index contributed by atoms with van der Waals surface area (Å²) >= 11 is 0. The van der Waals surface area contributed by atoms with Crippen LogP contribution in [0.1, 0.15) is 46.0 Å². The van der Waals surface area contributed by atoms with E-state index in [2.05, 4.69) is 19.1 Å². The molecule has 0 aromatic carbocycles. The summed E-state index contributed by atoms with van der Waals surface area (Å²) in [5, 5.41) is 15.9. The van der Waals surface area contributed by atoms with E-state index in [9.17, 15) is 0 Å². The van der Waals surface area contributed by atoms with E-state index in [1.54, 1.807) is 0 Å².